The van der Waals surface area contributed by atoms with E-state index in [9.17, 15) is 12.8 Å². The molecular formula is C18H17FN2O2S. The predicted molar refractivity (Wildman–Crippen MR) is 91.9 cm³/mol. The molecule has 0 N–H and O–H groups in total. The lowest BCUT2D eigenvalue weighted by Gasteiger charge is -2.05. The zero-order valence-electron chi connectivity index (χ0n) is 13.6. The second kappa shape index (κ2) is 5.87. The number of hydrogen-bond acceptors (Lipinski definition) is 3. The molecule has 0 aliphatic carbocycles. The van der Waals surface area contributed by atoms with Crippen LogP contribution in [0.25, 0.3) is 22.4 Å². The summed E-state index contributed by atoms with van der Waals surface area (Å²) >= 11 is 0. The first-order chi connectivity index (χ1) is 11.3. The maximum atomic E-state index is 13.9. The smallest absolute Gasteiger partial charge is 0.175 e. The molecule has 124 valence electrons. The highest BCUT2D eigenvalue weighted by atomic mass is 32.2. The van der Waals surface area contributed by atoms with E-state index in [-0.39, 0.29) is 10.7 Å². The average Bonchev–Trinajstić information content (AvgIpc) is 2.91. The Morgan fingerprint density at radius 2 is 1.67 bits per heavy atom. The molecule has 0 saturated heterocycles. The molecule has 4 nitrogen and oxygen atoms in total. The van der Waals surface area contributed by atoms with Gasteiger partial charge in [0.2, 0.25) is 0 Å². The van der Waals surface area contributed by atoms with Gasteiger partial charge in [-0.15, -0.1) is 0 Å². The van der Waals surface area contributed by atoms with Gasteiger partial charge in [-0.25, -0.2) is 12.8 Å². The van der Waals surface area contributed by atoms with Crippen LogP contribution in [0.5, 0.6) is 0 Å². The van der Waals surface area contributed by atoms with Crippen molar-refractivity contribution < 1.29 is 12.8 Å². The Morgan fingerprint density at radius 3 is 2.25 bits per heavy atom. The molecule has 0 fully saturated rings. The van der Waals surface area contributed by atoms with E-state index in [1.54, 1.807) is 49.0 Å². The number of hydrogen-bond donors (Lipinski definition) is 0. The Kier molecular flexibility index (Phi) is 4.01. The Hall–Kier alpha value is -2.47. The maximum absolute atomic E-state index is 13.9. The molecule has 1 aromatic heterocycles. The summed E-state index contributed by atoms with van der Waals surface area (Å²) in [6.07, 6.45) is 2.99. The van der Waals surface area contributed by atoms with Crippen LogP contribution in [0, 0.1) is 12.7 Å². The molecule has 0 radical (unpaired) electrons. The monoisotopic (exact) mass is 344 g/mol. The zero-order chi connectivity index (χ0) is 17.5. The normalized spacial score (nSPS) is 11.7. The first kappa shape index (κ1) is 16.4. The summed E-state index contributed by atoms with van der Waals surface area (Å²) in [7, 11) is -1.45. The van der Waals surface area contributed by atoms with E-state index in [1.807, 2.05) is 12.3 Å². The SMILES string of the molecule is Cc1ccc(-c2cn(C)nc2-c2ccc(S(C)(=O)=O)cc2)cc1F. The van der Waals surface area contributed by atoms with Crippen LogP contribution in [0.2, 0.25) is 0 Å². The Balaban J connectivity index is 2.11. The van der Waals surface area contributed by atoms with Crippen molar-refractivity contribution in [1.82, 2.24) is 9.78 Å². The topological polar surface area (TPSA) is 52.0 Å². The number of aryl methyl sites for hydroxylation is 2. The van der Waals surface area contributed by atoms with Crippen molar-refractivity contribution in [3.63, 3.8) is 0 Å². The van der Waals surface area contributed by atoms with Gasteiger partial charge in [0.1, 0.15) is 11.5 Å². The lowest BCUT2D eigenvalue weighted by atomic mass is 10.0. The van der Waals surface area contributed by atoms with Crippen LogP contribution in [0.3, 0.4) is 0 Å². The van der Waals surface area contributed by atoms with E-state index < -0.39 is 9.84 Å². The highest BCUT2D eigenvalue weighted by Gasteiger charge is 2.14. The van der Waals surface area contributed by atoms with Crippen LogP contribution in [-0.2, 0) is 16.9 Å². The maximum Gasteiger partial charge on any atom is 0.175 e. The van der Waals surface area contributed by atoms with Gasteiger partial charge >= 0.3 is 0 Å². The van der Waals surface area contributed by atoms with Crippen molar-refractivity contribution in [2.45, 2.75) is 11.8 Å². The first-order valence-corrected chi connectivity index (χ1v) is 9.25. The van der Waals surface area contributed by atoms with Gasteiger partial charge in [-0.1, -0.05) is 24.3 Å². The molecule has 3 rings (SSSR count). The third-order valence-corrected chi connectivity index (χ3v) is 5.00. The Morgan fingerprint density at radius 1 is 1.04 bits per heavy atom. The van der Waals surface area contributed by atoms with Crippen molar-refractivity contribution in [3.05, 3.63) is 60.0 Å². The molecule has 0 aliphatic heterocycles. The van der Waals surface area contributed by atoms with Gasteiger partial charge in [-0.05, 0) is 36.2 Å². The summed E-state index contributed by atoms with van der Waals surface area (Å²) < 4.78 is 38.7. The summed E-state index contributed by atoms with van der Waals surface area (Å²) in [4.78, 5) is 0.255. The van der Waals surface area contributed by atoms with E-state index in [2.05, 4.69) is 5.10 Å². The standard InChI is InChI=1S/C18H17FN2O2S/c1-12-4-5-14(10-17(12)19)16-11-21(2)20-18(16)13-6-8-15(9-7-13)24(3,22)23/h4-11H,1-3H3. The van der Waals surface area contributed by atoms with Gasteiger partial charge in [0, 0.05) is 30.6 Å². The molecule has 0 unspecified atom stereocenters. The van der Waals surface area contributed by atoms with Crippen molar-refractivity contribution in [1.29, 1.82) is 0 Å². The van der Waals surface area contributed by atoms with Crippen LogP contribution < -0.4 is 0 Å². The molecule has 0 bridgehead atoms. The van der Waals surface area contributed by atoms with Crippen LogP contribution in [0.4, 0.5) is 4.39 Å². The second-order valence-corrected chi connectivity index (χ2v) is 7.84. The van der Waals surface area contributed by atoms with E-state index in [0.29, 0.717) is 11.3 Å². The number of sulfone groups is 1. The number of nitrogens with zero attached hydrogens (tertiary/aromatic N) is 2. The quantitative estimate of drug-likeness (QED) is 0.729. The summed E-state index contributed by atoms with van der Waals surface area (Å²) in [5.74, 6) is -0.269. The van der Waals surface area contributed by atoms with Crippen molar-refractivity contribution >= 4 is 9.84 Å². The fourth-order valence-electron chi connectivity index (χ4n) is 2.53. The molecular weight excluding hydrogens is 327 g/mol. The molecule has 0 saturated carbocycles. The number of halogens is 1. The van der Waals surface area contributed by atoms with Crippen LogP contribution in [-0.4, -0.2) is 24.5 Å². The van der Waals surface area contributed by atoms with Gasteiger partial charge in [0.25, 0.3) is 0 Å². The van der Waals surface area contributed by atoms with Crippen LogP contribution >= 0.6 is 0 Å². The Bertz CT molecular complexity index is 1010. The van der Waals surface area contributed by atoms with Gasteiger partial charge in [0.15, 0.2) is 9.84 Å². The first-order valence-electron chi connectivity index (χ1n) is 7.36. The molecule has 24 heavy (non-hydrogen) atoms. The second-order valence-electron chi connectivity index (χ2n) is 5.83. The minimum absolute atomic E-state index is 0.255. The van der Waals surface area contributed by atoms with Gasteiger partial charge in [-0.2, -0.15) is 5.10 Å². The minimum atomic E-state index is -3.24. The highest BCUT2D eigenvalue weighted by Crippen LogP contribution is 2.32. The fourth-order valence-corrected chi connectivity index (χ4v) is 3.16. The zero-order valence-corrected chi connectivity index (χ0v) is 14.4. The molecule has 0 aliphatic rings. The third-order valence-electron chi connectivity index (χ3n) is 3.87. The largest absolute Gasteiger partial charge is 0.275 e. The summed E-state index contributed by atoms with van der Waals surface area (Å²) in [6.45, 7) is 1.72. The van der Waals surface area contributed by atoms with Crippen molar-refractivity contribution in [3.8, 4) is 22.4 Å². The molecule has 3 aromatic rings. The number of aromatic nitrogens is 2. The van der Waals surface area contributed by atoms with Gasteiger partial charge < -0.3 is 0 Å². The molecule has 0 amide bonds. The van der Waals surface area contributed by atoms with Crippen LogP contribution in [0.1, 0.15) is 5.56 Å². The summed E-state index contributed by atoms with van der Waals surface area (Å²) in [5, 5.41) is 4.45. The van der Waals surface area contributed by atoms with Crippen LogP contribution in [0.15, 0.2) is 53.6 Å². The minimum Gasteiger partial charge on any atom is -0.275 e. The average molecular weight is 344 g/mol. The third kappa shape index (κ3) is 3.10. The number of benzene rings is 2. The van der Waals surface area contributed by atoms with Gasteiger partial charge in [-0.3, -0.25) is 4.68 Å². The lowest BCUT2D eigenvalue weighted by molar-refractivity contribution is 0.602. The summed E-state index contributed by atoms with van der Waals surface area (Å²) in [5.41, 5.74) is 3.57. The molecule has 0 spiro atoms. The van der Waals surface area contributed by atoms with E-state index in [1.165, 1.54) is 12.3 Å². The van der Waals surface area contributed by atoms with E-state index in [4.69, 9.17) is 0 Å². The highest BCUT2D eigenvalue weighted by molar-refractivity contribution is 7.90. The lowest BCUT2D eigenvalue weighted by Crippen LogP contribution is -1.96. The van der Waals surface area contributed by atoms with E-state index >= 15 is 0 Å². The molecule has 1 heterocycles. The fraction of sp³-hybridized carbons (Fsp3) is 0.167. The molecule has 2 aromatic carbocycles. The molecule has 6 heteroatoms. The van der Waals surface area contributed by atoms with E-state index in [0.717, 1.165) is 16.7 Å². The van der Waals surface area contributed by atoms with Crippen molar-refractivity contribution in [2.24, 2.45) is 7.05 Å². The number of rotatable bonds is 3. The predicted octanol–water partition coefficient (Wildman–Crippen LogP) is 3.61. The summed E-state index contributed by atoms with van der Waals surface area (Å²) in [6, 6.07) is 11.6. The Labute approximate surface area is 140 Å². The van der Waals surface area contributed by atoms with Crippen molar-refractivity contribution in [2.75, 3.05) is 6.26 Å². The molecule has 0 atom stereocenters. The van der Waals surface area contributed by atoms with Gasteiger partial charge in [0.05, 0.1) is 4.90 Å².